The van der Waals surface area contributed by atoms with Gasteiger partial charge in [0.25, 0.3) is 5.69 Å². The Labute approximate surface area is 422 Å². The molecular formula is C51H71FN16O4. The van der Waals surface area contributed by atoms with Gasteiger partial charge in [0.2, 0.25) is 11.9 Å². The number of nitrogens with two attached hydrogens (primary N) is 1. The molecule has 0 saturated heterocycles. The zero-order chi connectivity index (χ0) is 48.6. The number of nitro groups is 1. The van der Waals surface area contributed by atoms with Crippen molar-refractivity contribution >= 4 is 57.3 Å². The normalized spacial score (nSPS) is 10.6. The smallest absolute Gasteiger partial charge is 0.294 e. The number of nitrogen functional groups attached to an aromatic ring is 1. The minimum atomic E-state index is -0.399. The number of ether oxygens (including phenoxy) is 2. The second-order valence-electron chi connectivity index (χ2n) is 16.7. The number of pyridine rings is 2. The monoisotopic (exact) mass is 991 g/mol. The molecule has 0 radical (unpaired) electrons. The first-order valence-electron chi connectivity index (χ1n) is 21.8. The number of imidazole rings is 2. The van der Waals surface area contributed by atoms with Crippen molar-refractivity contribution in [2.75, 3.05) is 109 Å². The van der Waals surface area contributed by atoms with Crippen LogP contribution in [0.25, 0.3) is 34.1 Å². The molecular weight excluding hydrogens is 920 g/mol. The molecule has 0 spiro atoms. The van der Waals surface area contributed by atoms with Gasteiger partial charge in [-0.1, -0.05) is 34.4 Å². The van der Waals surface area contributed by atoms with Gasteiger partial charge in [-0.25, -0.2) is 29.9 Å². The minimum Gasteiger partial charge on any atom is -0.494 e. The SMILES string of the molecule is C.C.C.COc1cc(N(C)CCN(C)C)c(N)cc1Nc1nccc(-c2cnc3c(C)cccn23)n1.COc1cc(N(C)CCN(C)C)c([N+](=O)[O-])cc1Nc1nccc(-c2cnc3c(C)cccn23)n1.F. The van der Waals surface area contributed by atoms with Crippen molar-refractivity contribution in [3.8, 4) is 34.3 Å². The van der Waals surface area contributed by atoms with Gasteiger partial charge >= 0.3 is 0 Å². The second kappa shape index (κ2) is 25.6. The fourth-order valence-corrected chi connectivity index (χ4v) is 7.45. The summed E-state index contributed by atoms with van der Waals surface area (Å²) in [6.45, 7) is 7.17. The average Bonchev–Trinajstić information content (AvgIpc) is 3.97. The second-order valence-corrected chi connectivity index (χ2v) is 16.7. The Bertz CT molecular complexity index is 3050. The number of hydrogen-bond donors (Lipinski definition) is 3. The van der Waals surface area contributed by atoms with Gasteiger partial charge in [-0.3, -0.25) is 23.6 Å². The first-order chi connectivity index (χ1) is 32.6. The van der Waals surface area contributed by atoms with Gasteiger partial charge in [0.15, 0.2) is 0 Å². The number of likely N-dealkylation sites (N-methyl/N-ethyl adjacent to an activating group) is 4. The van der Waals surface area contributed by atoms with Crippen LogP contribution in [0.15, 0.2) is 97.8 Å². The summed E-state index contributed by atoms with van der Waals surface area (Å²) in [5.74, 6) is 1.84. The molecule has 0 fully saturated rings. The molecule has 8 aromatic rings. The zero-order valence-corrected chi connectivity index (χ0v) is 40.5. The van der Waals surface area contributed by atoms with E-state index in [-0.39, 0.29) is 38.6 Å². The zero-order valence-electron chi connectivity index (χ0n) is 40.5. The van der Waals surface area contributed by atoms with Crippen molar-refractivity contribution in [3.63, 3.8) is 0 Å². The average molecular weight is 991 g/mol. The lowest BCUT2D eigenvalue weighted by atomic mass is 10.2. The van der Waals surface area contributed by atoms with E-state index in [0.717, 1.165) is 64.8 Å². The van der Waals surface area contributed by atoms with Crippen LogP contribution in [0, 0.1) is 24.0 Å². The number of nitro benzene ring substituents is 1. The van der Waals surface area contributed by atoms with E-state index in [4.69, 9.17) is 20.2 Å². The Morgan fingerprint density at radius 1 is 0.639 bits per heavy atom. The summed E-state index contributed by atoms with van der Waals surface area (Å²) in [6, 6.07) is 18.6. The maximum Gasteiger partial charge on any atom is 0.294 e. The number of nitrogens with one attached hydrogen (secondary N) is 2. The van der Waals surface area contributed by atoms with Gasteiger partial charge in [0.1, 0.15) is 28.5 Å². The Kier molecular flexibility index (Phi) is 20.7. The fraction of sp³-hybridized carbons (Fsp3) is 0.333. The number of rotatable bonds is 17. The summed E-state index contributed by atoms with van der Waals surface area (Å²) in [6.07, 6.45) is 10.8. The van der Waals surface area contributed by atoms with Crippen molar-refractivity contribution in [3.05, 3.63) is 119 Å². The first-order valence-corrected chi connectivity index (χ1v) is 21.8. The standard InChI is InChI=1S/C24H28N8O3.C24H30N8O.3CH4.FH/c1-16-7-6-10-31-21(15-26-23(16)31)17-8-9-25-24(27-17)28-18-13-20(32(33)34)19(14-22(18)35-5)30(4)12-11-29(2)3;1-16-7-6-10-32-21(15-27-23(16)32)18-8-9-26-24(28-18)29-19-13-17(25)20(14-22(19)33-5)31(4)12-11-30(2)3;;;;/h6-10,13-15H,11-12H2,1-5H3,(H,25,27,28);6-10,13-15H,11-12,25H2,1-5H3,(H,26,28,29);3*1H4;1H. The van der Waals surface area contributed by atoms with E-state index in [1.807, 2.05) is 136 Å². The molecule has 6 heterocycles. The number of anilines is 7. The van der Waals surface area contributed by atoms with E-state index in [1.54, 1.807) is 37.8 Å². The third kappa shape index (κ3) is 13.2. The third-order valence-electron chi connectivity index (χ3n) is 11.2. The van der Waals surface area contributed by atoms with Crippen molar-refractivity contribution in [1.29, 1.82) is 0 Å². The van der Waals surface area contributed by atoms with Crippen LogP contribution in [0.4, 0.5) is 50.7 Å². The van der Waals surface area contributed by atoms with Gasteiger partial charge in [-0.05, 0) is 83.5 Å². The molecule has 20 nitrogen and oxygen atoms in total. The number of aryl methyl sites for hydroxylation is 2. The van der Waals surface area contributed by atoms with Gasteiger partial charge in [0, 0.05) is 83.3 Å². The predicted molar refractivity (Wildman–Crippen MR) is 292 cm³/mol. The number of benzene rings is 2. The lowest BCUT2D eigenvalue weighted by molar-refractivity contribution is -0.384. The molecule has 21 heteroatoms. The summed E-state index contributed by atoms with van der Waals surface area (Å²) in [4.78, 5) is 46.7. The molecule has 0 aliphatic rings. The number of hydrogen-bond acceptors (Lipinski definition) is 17. The molecule has 72 heavy (non-hydrogen) atoms. The number of aromatic nitrogens is 8. The van der Waals surface area contributed by atoms with Gasteiger partial charge < -0.3 is 45.4 Å². The van der Waals surface area contributed by atoms with Crippen molar-refractivity contribution < 1.29 is 19.1 Å². The molecule has 6 aromatic heterocycles. The molecule has 8 rings (SSSR count). The van der Waals surface area contributed by atoms with E-state index in [0.29, 0.717) is 52.4 Å². The van der Waals surface area contributed by atoms with Crippen LogP contribution in [0.5, 0.6) is 11.5 Å². The van der Waals surface area contributed by atoms with Gasteiger partial charge in [-0.2, -0.15) is 0 Å². The third-order valence-corrected chi connectivity index (χ3v) is 11.2. The molecule has 4 N–H and O–H groups in total. The van der Waals surface area contributed by atoms with E-state index in [2.05, 4.69) is 45.4 Å². The Morgan fingerprint density at radius 2 is 1.07 bits per heavy atom. The predicted octanol–water partition coefficient (Wildman–Crippen LogP) is 9.25. The number of methoxy groups -OCH3 is 2. The molecule has 0 bridgehead atoms. The van der Waals surface area contributed by atoms with Gasteiger partial charge in [-0.15, -0.1) is 0 Å². The van der Waals surface area contributed by atoms with Crippen LogP contribution < -0.4 is 35.6 Å². The minimum absolute atomic E-state index is 0. The number of nitrogens with zero attached hydrogens (tertiary/aromatic N) is 13. The van der Waals surface area contributed by atoms with Crippen molar-refractivity contribution in [2.24, 2.45) is 0 Å². The van der Waals surface area contributed by atoms with E-state index < -0.39 is 4.92 Å². The maximum absolute atomic E-state index is 11.9. The fourth-order valence-electron chi connectivity index (χ4n) is 7.45. The Balaban J connectivity index is 0.000000361. The summed E-state index contributed by atoms with van der Waals surface area (Å²) >= 11 is 0. The molecule has 386 valence electrons. The summed E-state index contributed by atoms with van der Waals surface area (Å²) in [7, 11) is 15.0. The highest BCUT2D eigenvalue weighted by Crippen LogP contribution is 2.39. The molecule has 0 atom stereocenters. The van der Waals surface area contributed by atoms with Crippen LogP contribution in [-0.4, -0.2) is 136 Å². The Hall–Kier alpha value is -8.17. The van der Waals surface area contributed by atoms with Crippen LogP contribution in [0.1, 0.15) is 33.4 Å². The summed E-state index contributed by atoms with van der Waals surface area (Å²) < 4.78 is 15.2. The first kappa shape index (κ1) is 58.1. The van der Waals surface area contributed by atoms with E-state index in [9.17, 15) is 10.1 Å². The lowest BCUT2D eigenvalue weighted by Crippen LogP contribution is -2.29. The molecule has 2 aromatic carbocycles. The molecule has 0 unspecified atom stereocenters. The molecule has 0 aliphatic heterocycles. The van der Waals surface area contributed by atoms with Gasteiger partial charge in [0.05, 0.1) is 77.1 Å². The van der Waals surface area contributed by atoms with Crippen molar-refractivity contribution in [2.45, 2.75) is 36.1 Å². The highest BCUT2D eigenvalue weighted by atomic mass is 19.0. The Morgan fingerprint density at radius 3 is 1.50 bits per heavy atom. The van der Waals surface area contributed by atoms with Crippen LogP contribution in [0.3, 0.4) is 0 Å². The largest absolute Gasteiger partial charge is 0.494 e. The molecule has 0 aliphatic carbocycles. The number of halogens is 1. The summed E-state index contributed by atoms with van der Waals surface area (Å²) in [5, 5.41) is 18.2. The summed E-state index contributed by atoms with van der Waals surface area (Å²) in [5.41, 5.74) is 16.5. The highest BCUT2D eigenvalue weighted by Gasteiger charge is 2.23. The number of fused-ring (bicyclic) bond motifs is 2. The highest BCUT2D eigenvalue weighted by molar-refractivity contribution is 5.80. The van der Waals surface area contributed by atoms with Crippen LogP contribution in [-0.2, 0) is 0 Å². The maximum atomic E-state index is 11.9. The lowest BCUT2D eigenvalue weighted by Gasteiger charge is -2.24. The topological polar surface area (TPSA) is 211 Å². The quantitative estimate of drug-likeness (QED) is 0.0441. The molecule has 0 amide bonds. The van der Waals surface area contributed by atoms with Crippen molar-refractivity contribution in [1.82, 2.24) is 48.5 Å². The molecule has 0 saturated carbocycles. The van der Waals surface area contributed by atoms with E-state index in [1.165, 1.54) is 13.2 Å². The van der Waals surface area contributed by atoms with E-state index >= 15 is 0 Å². The van der Waals surface area contributed by atoms with Crippen LogP contribution >= 0.6 is 0 Å². The van der Waals surface area contributed by atoms with Crippen LogP contribution in [0.2, 0.25) is 0 Å².